The summed E-state index contributed by atoms with van der Waals surface area (Å²) in [5.74, 6) is 1.83. The fraction of sp³-hybridized carbons (Fsp3) is 0.562. The van der Waals surface area contributed by atoms with Crippen molar-refractivity contribution >= 4 is 5.91 Å². The van der Waals surface area contributed by atoms with Crippen LogP contribution in [0.4, 0.5) is 0 Å². The molecule has 114 valence electrons. The number of aryl methyl sites for hydroxylation is 1. The Morgan fingerprint density at radius 3 is 2.95 bits per heavy atom. The van der Waals surface area contributed by atoms with Crippen molar-refractivity contribution in [2.45, 2.75) is 25.8 Å². The lowest BCUT2D eigenvalue weighted by Crippen LogP contribution is -2.52. The van der Waals surface area contributed by atoms with Gasteiger partial charge in [0.25, 0.3) is 0 Å². The van der Waals surface area contributed by atoms with Gasteiger partial charge in [-0.3, -0.25) is 4.79 Å². The van der Waals surface area contributed by atoms with Crippen LogP contribution in [0.25, 0.3) is 0 Å². The van der Waals surface area contributed by atoms with Gasteiger partial charge in [-0.2, -0.15) is 0 Å². The van der Waals surface area contributed by atoms with Crippen molar-refractivity contribution in [3.63, 3.8) is 0 Å². The zero-order chi connectivity index (χ0) is 14.7. The smallest absolute Gasteiger partial charge is 0.223 e. The molecular formula is C16H22N2O3. The average Bonchev–Trinajstić information content (AvgIpc) is 2.53. The van der Waals surface area contributed by atoms with Gasteiger partial charge in [0.15, 0.2) is 11.5 Å². The van der Waals surface area contributed by atoms with E-state index in [0.29, 0.717) is 19.6 Å². The van der Waals surface area contributed by atoms with Crippen molar-refractivity contribution < 1.29 is 14.3 Å². The minimum Gasteiger partial charge on any atom is -0.486 e. The molecule has 1 saturated heterocycles. The number of amides is 1. The number of nitrogens with zero attached hydrogens (tertiary/aromatic N) is 1. The molecule has 0 saturated carbocycles. The molecule has 1 amide bonds. The number of hydrogen-bond donors (Lipinski definition) is 1. The molecule has 0 unspecified atom stereocenters. The highest BCUT2D eigenvalue weighted by atomic mass is 16.6. The standard InChI is InChI=1S/C16H22N2O3/c1-12-11-17-6-7-18(12)16(19)5-3-13-2-4-14-15(10-13)21-9-8-20-14/h2,4,10,12,17H,3,5-9,11H2,1H3/t12-/m1/s1. The summed E-state index contributed by atoms with van der Waals surface area (Å²) in [7, 11) is 0. The number of benzene rings is 1. The van der Waals surface area contributed by atoms with Gasteiger partial charge in [0.2, 0.25) is 5.91 Å². The Bertz CT molecular complexity index is 518. The van der Waals surface area contributed by atoms with E-state index in [0.717, 1.165) is 43.1 Å². The molecule has 0 spiro atoms. The maximum atomic E-state index is 12.3. The fourth-order valence-electron chi connectivity index (χ4n) is 2.85. The molecule has 2 aliphatic heterocycles. The Morgan fingerprint density at radius 2 is 2.14 bits per heavy atom. The van der Waals surface area contributed by atoms with Gasteiger partial charge in [-0.25, -0.2) is 0 Å². The van der Waals surface area contributed by atoms with Crippen LogP contribution in [0.5, 0.6) is 11.5 Å². The van der Waals surface area contributed by atoms with Gasteiger partial charge in [-0.05, 0) is 31.0 Å². The highest BCUT2D eigenvalue weighted by molar-refractivity contribution is 5.77. The molecule has 1 atom stereocenters. The molecule has 2 heterocycles. The Hall–Kier alpha value is -1.75. The topological polar surface area (TPSA) is 50.8 Å². The summed E-state index contributed by atoms with van der Waals surface area (Å²) in [6.45, 7) is 5.87. The zero-order valence-electron chi connectivity index (χ0n) is 12.4. The van der Waals surface area contributed by atoms with Crippen LogP contribution >= 0.6 is 0 Å². The number of fused-ring (bicyclic) bond motifs is 1. The van der Waals surface area contributed by atoms with E-state index in [4.69, 9.17) is 9.47 Å². The molecule has 3 rings (SSSR count). The van der Waals surface area contributed by atoms with Crippen LogP contribution in [0.2, 0.25) is 0 Å². The molecule has 1 N–H and O–H groups in total. The summed E-state index contributed by atoms with van der Waals surface area (Å²) < 4.78 is 11.1. The predicted octanol–water partition coefficient (Wildman–Crippen LogP) is 1.21. The number of ether oxygens (including phenoxy) is 2. The second kappa shape index (κ2) is 6.35. The van der Waals surface area contributed by atoms with Crippen molar-refractivity contribution in [3.8, 4) is 11.5 Å². The van der Waals surface area contributed by atoms with E-state index in [1.807, 2.05) is 23.1 Å². The van der Waals surface area contributed by atoms with Gasteiger partial charge in [0, 0.05) is 32.1 Å². The lowest BCUT2D eigenvalue weighted by Gasteiger charge is -2.34. The van der Waals surface area contributed by atoms with Crippen molar-refractivity contribution in [1.29, 1.82) is 0 Å². The van der Waals surface area contributed by atoms with Crippen LogP contribution in [-0.4, -0.2) is 49.7 Å². The zero-order valence-corrected chi connectivity index (χ0v) is 12.4. The van der Waals surface area contributed by atoms with Crippen LogP contribution in [0.15, 0.2) is 18.2 Å². The van der Waals surface area contributed by atoms with Crippen LogP contribution < -0.4 is 14.8 Å². The first-order valence-corrected chi connectivity index (χ1v) is 7.63. The summed E-state index contributed by atoms with van der Waals surface area (Å²) in [4.78, 5) is 14.3. The van der Waals surface area contributed by atoms with E-state index in [1.165, 1.54) is 0 Å². The van der Waals surface area contributed by atoms with Crippen LogP contribution in [-0.2, 0) is 11.2 Å². The second-order valence-corrected chi connectivity index (χ2v) is 5.62. The SMILES string of the molecule is C[C@@H]1CNCCN1C(=O)CCc1ccc2c(c1)OCCO2. The molecular weight excluding hydrogens is 268 g/mol. The van der Waals surface area contributed by atoms with E-state index < -0.39 is 0 Å². The Labute approximate surface area is 125 Å². The number of rotatable bonds is 3. The minimum atomic E-state index is 0.235. The van der Waals surface area contributed by atoms with Crippen LogP contribution in [0.1, 0.15) is 18.9 Å². The van der Waals surface area contributed by atoms with Gasteiger partial charge in [0.1, 0.15) is 13.2 Å². The van der Waals surface area contributed by atoms with Gasteiger partial charge in [-0.15, -0.1) is 0 Å². The number of nitrogens with one attached hydrogen (secondary N) is 1. The molecule has 1 aromatic rings. The molecule has 0 radical (unpaired) electrons. The average molecular weight is 290 g/mol. The third kappa shape index (κ3) is 3.29. The molecule has 0 bridgehead atoms. The highest BCUT2D eigenvalue weighted by Gasteiger charge is 2.22. The first-order chi connectivity index (χ1) is 10.2. The summed E-state index contributed by atoms with van der Waals surface area (Å²) in [5, 5.41) is 3.30. The molecule has 1 fully saturated rings. The highest BCUT2D eigenvalue weighted by Crippen LogP contribution is 2.31. The van der Waals surface area contributed by atoms with E-state index in [9.17, 15) is 4.79 Å². The summed E-state index contributed by atoms with van der Waals surface area (Å²) in [6, 6.07) is 6.22. The molecule has 5 nitrogen and oxygen atoms in total. The Kier molecular flexibility index (Phi) is 4.29. The van der Waals surface area contributed by atoms with Crippen LogP contribution in [0, 0.1) is 0 Å². The lowest BCUT2D eigenvalue weighted by molar-refractivity contribution is -0.133. The van der Waals surface area contributed by atoms with Crippen molar-refractivity contribution in [3.05, 3.63) is 23.8 Å². The van der Waals surface area contributed by atoms with Gasteiger partial charge >= 0.3 is 0 Å². The monoisotopic (exact) mass is 290 g/mol. The van der Waals surface area contributed by atoms with Gasteiger partial charge in [0.05, 0.1) is 0 Å². The van der Waals surface area contributed by atoms with Crippen molar-refractivity contribution in [1.82, 2.24) is 10.2 Å². The van der Waals surface area contributed by atoms with E-state index in [2.05, 4.69) is 12.2 Å². The Morgan fingerprint density at radius 1 is 1.33 bits per heavy atom. The van der Waals surface area contributed by atoms with E-state index in [1.54, 1.807) is 0 Å². The van der Waals surface area contributed by atoms with Crippen molar-refractivity contribution in [2.75, 3.05) is 32.8 Å². The summed E-state index contributed by atoms with van der Waals surface area (Å²) in [5.41, 5.74) is 1.12. The first-order valence-electron chi connectivity index (χ1n) is 7.63. The Balaban J connectivity index is 1.58. The second-order valence-electron chi connectivity index (χ2n) is 5.62. The number of hydrogen-bond acceptors (Lipinski definition) is 4. The summed E-state index contributed by atoms with van der Waals surface area (Å²) >= 11 is 0. The minimum absolute atomic E-state index is 0.235. The van der Waals surface area contributed by atoms with Gasteiger partial charge in [-0.1, -0.05) is 6.07 Å². The third-order valence-corrected chi connectivity index (χ3v) is 4.06. The number of carbonyl (C=O) groups excluding carboxylic acids is 1. The van der Waals surface area contributed by atoms with Crippen molar-refractivity contribution in [2.24, 2.45) is 0 Å². The largest absolute Gasteiger partial charge is 0.486 e. The molecule has 0 aromatic heterocycles. The van der Waals surface area contributed by atoms with E-state index >= 15 is 0 Å². The molecule has 0 aliphatic carbocycles. The first kappa shape index (κ1) is 14.2. The molecule has 1 aromatic carbocycles. The predicted molar refractivity (Wildman–Crippen MR) is 79.8 cm³/mol. The number of piperazine rings is 1. The van der Waals surface area contributed by atoms with Gasteiger partial charge < -0.3 is 19.7 Å². The maximum absolute atomic E-state index is 12.3. The fourth-order valence-corrected chi connectivity index (χ4v) is 2.85. The quantitative estimate of drug-likeness (QED) is 0.909. The lowest BCUT2D eigenvalue weighted by atomic mass is 10.1. The maximum Gasteiger partial charge on any atom is 0.223 e. The molecule has 5 heteroatoms. The normalized spacial score (nSPS) is 21.2. The van der Waals surface area contributed by atoms with E-state index in [-0.39, 0.29) is 11.9 Å². The molecule has 21 heavy (non-hydrogen) atoms. The van der Waals surface area contributed by atoms with Crippen LogP contribution in [0.3, 0.4) is 0 Å². The number of carbonyl (C=O) groups is 1. The third-order valence-electron chi connectivity index (χ3n) is 4.06. The summed E-state index contributed by atoms with van der Waals surface area (Å²) in [6.07, 6.45) is 1.29. The molecule has 2 aliphatic rings.